The fraction of sp³-hybridized carbons (Fsp3) is 0.0769. The lowest BCUT2D eigenvalue weighted by atomic mass is 9.12. The van der Waals surface area contributed by atoms with Crippen molar-refractivity contribution in [3.63, 3.8) is 0 Å². The molecule has 23 heteroatoms. The molecule has 0 radical (unpaired) electrons. The summed E-state index contributed by atoms with van der Waals surface area (Å²) in [7, 11) is 0. The average Bonchev–Trinajstić information content (AvgIpc) is 3.56. The topological polar surface area (TPSA) is 9.23 Å². The fourth-order valence-corrected chi connectivity index (χ4v) is 7.87. The molecule has 0 N–H and O–H groups in total. The molecule has 0 saturated heterocycles. The molecule has 0 unspecified atom stereocenters. The van der Waals surface area contributed by atoms with E-state index >= 15 is 35.1 Å². The maximum Gasteiger partial charge on any atom is 0.200 e. The summed E-state index contributed by atoms with van der Waals surface area (Å²) >= 11 is -0.0200. The first-order chi connectivity index (χ1) is 29.0. The Morgan fingerprint density at radius 3 is 0.726 bits per heavy atom. The number of fused-ring (bicyclic) bond motifs is 3. The van der Waals surface area contributed by atoms with E-state index in [1.165, 1.54) is 22.3 Å². The van der Waals surface area contributed by atoms with Crippen molar-refractivity contribution in [1.29, 1.82) is 0 Å². The molecule has 1 aliphatic rings. The van der Waals surface area contributed by atoms with Gasteiger partial charge in [0.1, 0.15) is 76.4 Å². The predicted octanol–water partition coefficient (Wildman–Crippen LogP) is 9.41. The van der Waals surface area contributed by atoms with E-state index < -0.39 is 144 Å². The second-order valence-corrected chi connectivity index (χ2v) is 14.9. The molecule has 6 aromatic carbocycles. The molecule has 7 rings (SSSR count). The van der Waals surface area contributed by atoms with Gasteiger partial charge in [0, 0.05) is 0 Å². The highest BCUT2D eigenvalue weighted by Gasteiger charge is 2.52. The lowest BCUT2D eigenvalue weighted by Gasteiger charge is -2.44. The molecule has 62 heavy (non-hydrogen) atoms. The van der Waals surface area contributed by atoms with Gasteiger partial charge in [-0.2, -0.15) is 4.18 Å². The van der Waals surface area contributed by atoms with Gasteiger partial charge in [0.15, 0.2) is 75.9 Å². The first-order valence-corrected chi connectivity index (χ1v) is 18.6. The van der Waals surface area contributed by atoms with Gasteiger partial charge in [-0.15, -0.1) is 21.9 Å². The van der Waals surface area contributed by atoms with Crippen molar-refractivity contribution in [3.05, 3.63) is 176 Å². The van der Waals surface area contributed by atoms with Crippen LogP contribution < -0.4 is 21.9 Å². The van der Waals surface area contributed by atoms with Gasteiger partial charge >= 0.3 is 0 Å². The smallest absolute Gasteiger partial charge is 0.200 e. The summed E-state index contributed by atoms with van der Waals surface area (Å²) in [5.41, 5.74) is -9.09. The Labute approximate surface area is 336 Å². The molecule has 0 fully saturated rings. The zero-order valence-electron chi connectivity index (χ0n) is 30.1. The van der Waals surface area contributed by atoms with E-state index in [9.17, 15) is 52.7 Å². The first kappa shape index (κ1) is 45.8. The van der Waals surface area contributed by atoms with Crippen molar-refractivity contribution < 1.29 is 92.0 Å². The Kier molecular flexibility index (Phi) is 12.2. The second kappa shape index (κ2) is 16.5. The predicted molar refractivity (Wildman–Crippen MR) is 183 cm³/mol. The van der Waals surface area contributed by atoms with Crippen LogP contribution in [0.4, 0.5) is 87.8 Å². The van der Waals surface area contributed by atoms with E-state index in [1.54, 1.807) is 0 Å². The zero-order valence-corrected chi connectivity index (χ0v) is 31.0. The number of hydrogen-bond acceptors (Lipinski definition) is 1. The van der Waals surface area contributed by atoms with Gasteiger partial charge < -0.3 is 0 Å². The molecule has 0 spiro atoms. The molecule has 6 aromatic rings. The van der Waals surface area contributed by atoms with Gasteiger partial charge in [0.2, 0.25) is 0 Å². The molecule has 0 aliphatic heterocycles. The largest absolute Gasteiger partial charge is 0.207 e. The summed E-state index contributed by atoms with van der Waals surface area (Å²) < 4.78 is 300. The van der Waals surface area contributed by atoms with Crippen molar-refractivity contribution >= 4 is 39.2 Å². The lowest BCUT2D eigenvalue weighted by molar-refractivity contribution is 0.294. The van der Waals surface area contributed by atoms with E-state index in [1.807, 2.05) is 0 Å². The van der Waals surface area contributed by atoms with Gasteiger partial charge in [-0.1, -0.05) is 48.5 Å². The molecule has 0 amide bonds. The van der Waals surface area contributed by atoms with Crippen molar-refractivity contribution in [1.82, 2.24) is 0 Å². The van der Waals surface area contributed by atoms with Crippen LogP contribution in [0, 0.1) is 116 Å². The first-order valence-electron chi connectivity index (χ1n) is 16.6. The number of rotatable bonds is 6. The number of benzene rings is 6. The standard InChI is InChI=1S/C24BF20.C15H15OS/c26-5-1(6(27)14(35)21(42)13(5)34)25(2-7(28)15(36)22(43)16(37)8(2)29,3-9(30)17(38)23(44)18(39)10(3)31)4-11(32)19(40)24(45)20(41)12(4)33;1-17(2)16-15-13-9-5-3-7-11(13)12-8-4-6-10-14(12)15/h;3-10,15H,1-2H3/q-1;+1. The Bertz CT molecular complexity index is 2410. The van der Waals surface area contributed by atoms with Crippen LogP contribution in [0.2, 0.25) is 0 Å². The molecule has 0 heterocycles. The van der Waals surface area contributed by atoms with Crippen LogP contribution in [0.3, 0.4) is 0 Å². The summed E-state index contributed by atoms with van der Waals surface area (Å²) in [6.45, 7) is 0. The highest BCUT2D eigenvalue weighted by molar-refractivity contribution is 7.90. The minimum Gasteiger partial charge on any atom is -0.207 e. The van der Waals surface area contributed by atoms with E-state index in [-0.39, 0.29) is 17.3 Å². The monoisotopic (exact) mass is 922 g/mol. The van der Waals surface area contributed by atoms with Gasteiger partial charge in [0.05, 0.1) is 0 Å². The molecule has 0 aromatic heterocycles. The molecular weight excluding hydrogens is 907 g/mol. The second-order valence-electron chi connectivity index (χ2n) is 13.2. The Balaban J connectivity index is 0.000000311. The summed E-state index contributed by atoms with van der Waals surface area (Å²) in [4.78, 5) is 0. The third-order valence-corrected chi connectivity index (χ3v) is 10.3. The van der Waals surface area contributed by atoms with Crippen molar-refractivity contribution in [2.45, 2.75) is 6.10 Å². The minimum atomic E-state index is -7.22. The van der Waals surface area contributed by atoms with Crippen LogP contribution in [-0.4, -0.2) is 18.7 Å². The van der Waals surface area contributed by atoms with E-state index in [0.29, 0.717) is 0 Å². The van der Waals surface area contributed by atoms with Crippen LogP contribution >= 0.6 is 0 Å². The van der Waals surface area contributed by atoms with Crippen LogP contribution in [0.5, 0.6) is 0 Å². The summed E-state index contributed by atoms with van der Waals surface area (Å²) in [5.74, 6) is -71.4. The highest BCUT2D eigenvalue weighted by atomic mass is 32.2. The Morgan fingerprint density at radius 2 is 0.516 bits per heavy atom. The quantitative estimate of drug-likeness (QED) is 0.0533. The minimum absolute atomic E-state index is 0.0200. The van der Waals surface area contributed by atoms with Crippen LogP contribution in [0.25, 0.3) is 11.1 Å². The highest BCUT2D eigenvalue weighted by Crippen LogP contribution is 2.45. The van der Waals surface area contributed by atoms with E-state index in [4.69, 9.17) is 4.18 Å². The SMILES string of the molecule is C[S+](C)OC1c2ccccc2-c2ccccc21.Fc1c(F)c(F)c([B-](c2c(F)c(F)c(F)c(F)c2F)(c2c(F)c(F)c(F)c(F)c2F)c2c(F)c(F)c(F)c(F)c2F)c(F)c1F. The van der Waals surface area contributed by atoms with Crippen LogP contribution in [0.1, 0.15) is 17.2 Å². The fourth-order valence-electron chi connectivity index (χ4n) is 7.28. The normalized spacial score (nSPS) is 12.5. The van der Waals surface area contributed by atoms with Gasteiger partial charge in [-0.05, 0) is 22.3 Å². The Morgan fingerprint density at radius 1 is 0.323 bits per heavy atom. The van der Waals surface area contributed by atoms with Gasteiger partial charge in [-0.3, -0.25) is 0 Å². The van der Waals surface area contributed by atoms with E-state index in [2.05, 4.69) is 61.0 Å². The lowest BCUT2D eigenvalue weighted by Crippen LogP contribution is -2.81. The molecule has 1 nitrogen and oxygen atoms in total. The number of hydrogen-bond donors (Lipinski definition) is 0. The molecule has 1 aliphatic carbocycles. The van der Waals surface area contributed by atoms with E-state index in [0.717, 1.165) is 0 Å². The zero-order chi connectivity index (χ0) is 46.2. The molecule has 326 valence electrons. The molecular formula is C39H15BF20OS. The molecule has 0 saturated carbocycles. The van der Waals surface area contributed by atoms with Gasteiger partial charge in [0.25, 0.3) is 0 Å². The maximum atomic E-state index is 15.4. The third-order valence-electron chi connectivity index (χ3n) is 9.77. The Hall–Kier alpha value is -5.71. The van der Waals surface area contributed by atoms with Gasteiger partial charge in [-0.25, -0.2) is 87.8 Å². The number of halogens is 20. The molecule has 0 bridgehead atoms. The van der Waals surface area contributed by atoms with Crippen LogP contribution in [0.15, 0.2) is 48.5 Å². The summed E-state index contributed by atoms with van der Waals surface area (Å²) in [6, 6.07) is 17.1. The van der Waals surface area contributed by atoms with Crippen molar-refractivity contribution in [3.8, 4) is 11.1 Å². The summed E-state index contributed by atoms with van der Waals surface area (Å²) in [6.07, 6.45) is -2.88. The third kappa shape index (κ3) is 6.65. The molecule has 0 atom stereocenters. The maximum absolute atomic E-state index is 15.4. The summed E-state index contributed by atoms with van der Waals surface area (Å²) in [5, 5.41) is 0. The van der Waals surface area contributed by atoms with Crippen molar-refractivity contribution in [2.24, 2.45) is 0 Å². The van der Waals surface area contributed by atoms with Crippen LogP contribution in [-0.2, 0) is 15.4 Å². The van der Waals surface area contributed by atoms with Crippen molar-refractivity contribution in [2.75, 3.05) is 12.5 Å². The average molecular weight is 922 g/mol.